The van der Waals surface area contributed by atoms with Crippen LogP contribution in [0.15, 0.2) is 68.7 Å². The van der Waals surface area contributed by atoms with Crippen molar-refractivity contribution < 1.29 is 13.7 Å². The topological polar surface area (TPSA) is 140 Å². The van der Waals surface area contributed by atoms with Crippen molar-refractivity contribution >= 4 is 17.4 Å². The standard InChI is InChI=1S/C24H23FN6O4/c1-30(20-21(26)31(24(34)28-23(20)33)14-15-6-3-2-4-7-15)19(32)9-5-8-18-27-22(29-35-18)16-10-12-17(25)13-11-16/h2-4,6-7,10-13H,5,8-9,14,26H2,1H3,(H,28,33,34). The van der Waals surface area contributed by atoms with Crippen molar-refractivity contribution in [2.45, 2.75) is 25.8 Å². The van der Waals surface area contributed by atoms with Gasteiger partial charge in [-0.15, -0.1) is 0 Å². The van der Waals surface area contributed by atoms with Crippen LogP contribution in [-0.2, 0) is 17.8 Å². The summed E-state index contributed by atoms with van der Waals surface area (Å²) in [4.78, 5) is 45.2. The Balaban J connectivity index is 1.42. The van der Waals surface area contributed by atoms with Crippen molar-refractivity contribution in [1.29, 1.82) is 0 Å². The first-order valence-electron chi connectivity index (χ1n) is 10.8. The highest BCUT2D eigenvalue weighted by Gasteiger charge is 2.21. The first-order chi connectivity index (χ1) is 16.8. The van der Waals surface area contributed by atoms with Gasteiger partial charge < -0.3 is 15.2 Å². The molecular formula is C24H23FN6O4. The number of nitrogen functional groups attached to an aromatic ring is 1. The molecule has 11 heteroatoms. The number of halogens is 1. The molecule has 3 N–H and O–H groups in total. The van der Waals surface area contributed by atoms with Gasteiger partial charge in [0.2, 0.25) is 17.6 Å². The van der Waals surface area contributed by atoms with Crippen molar-refractivity contribution in [3.8, 4) is 11.4 Å². The Morgan fingerprint density at radius 1 is 1.14 bits per heavy atom. The Kier molecular flexibility index (Phi) is 6.86. The van der Waals surface area contributed by atoms with Gasteiger partial charge in [0.1, 0.15) is 11.6 Å². The van der Waals surface area contributed by atoms with E-state index in [0.717, 1.165) is 10.5 Å². The van der Waals surface area contributed by atoms with Gasteiger partial charge in [-0.3, -0.25) is 19.1 Å². The largest absolute Gasteiger partial charge is 0.383 e. The van der Waals surface area contributed by atoms with Gasteiger partial charge in [0.15, 0.2) is 5.69 Å². The van der Waals surface area contributed by atoms with Gasteiger partial charge in [-0.25, -0.2) is 9.18 Å². The van der Waals surface area contributed by atoms with E-state index in [1.165, 1.54) is 23.7 Å². The van der Waals surface area contributed by atoms with E-state index in [1.807, 2.05) is 30.3 Å². The number of anilines is 2. The van der Waals surface area contributed by atoms with E-state index in [0.29, 0.717) is 30.1 Å². The second kappa shape index (κ2) is 10.2. The number of aromatic nitrogens is 4. The molecule has 4 rings (SSSR count). The Hall–Kier alpha value is -4.54. The van der Waals surface area contributed by atoms with Gasteiger partial charge in [-0.05, 0) is 36.2 Å². The maximum atomic E-state index is 13.1. The highest BCUT2D eigenvalue weighted by Crippen LogP contribution is 2.19. The number of hydrogen-bond donors (Lipinski definition) is 2. The molecule has 0 spiro atoms. The lowest BCUT2D eigenvalue weighted by molar-refractivity contribution is -0.118. The number of aromatic amines is 1. The number of nitrogens with two attached hydrogens (primary N) is 1. The lowest BCUT2D eigenvalue weighted by atomic mass is 10.2. The summed E-state index contributed by atoms with van der Waals surface area (Å²) >= 11 is 0. The van der Waals surface area contributed by atoms with Gasteiger partial charge in [-0.2, -0.15) is 4.98 Å². The molecule has 0 bridgehead atoms. The summed E-state index contributed by atoms with van der Waals surface area (Å²) in [7, 11) is 1.43. The van der Waals surface area contributed by atoms with Gasteiger partial charge >= 0.3 is 5.69 Å². The fourth-order valence-electron chi connectivity index (χ4n) is 3.58. The van der Waals surface area contributed by atoms with E-state index in [-0.39, 0.29) is 36.2 Å². The van der Waals surface area contributed by atoms with Gasteiger partial charge in [-0.1, -0.05) is 35.5 Å². The summed E-state index contributed by atoms with van der Waals surface area (Å²) in [5.41, 5.74) is 6.08. The molecule has 0 aliphatic heterocycles. The van der Waals surface area contributed by atoms with Gasteiger partial charge in [0.05, 0.1) is 6.54 Å². The number of hydrogen-bond acceptors (Lipinski definition) is 7. The molecule has 0 unspecified atom stereocenters. The van der Waals surface area contributed by atoms with E-state index in [2.05, 4.69) is 15.1 Å². The molecule has 4 aromatic rings. The molecule has 0 atom stereocenters. The molecular weight excluding hydrogens is 455 g/mol. The summed E-state index contributed by atoms with van der Waals surface area (Å²) in [5.74, 6) is -0.184. The van der Waals surface area contributed by atoms with Crippen molar-refractivity contribution in [2.24, 2.45) is 0 Å². The summed E-state index contributed by atoms with van der Waals surface area (Å²) in [5, 5.41) is 3.87. The molecule has 0 saturated heterocycles. The van der Waals surface area contributed by atoms with Crippen LogP contribution in [0.3, 0.4) is 0 Å². The predicted molar refractivity (Wildman–Crippen MR) is 127 cm³/mol. The minimum atomic E-state index is -0.742. The fraction of sp³-hybridized carbons (Fsp3) is 0.208. The number of nitrogens with zero attached hydrogens (tertiary/aromatic N) is 4. The zero-order valence-electron chi connectivity index (χ0n) is 18.9. The van der Waals surface area contributed by atoms with E-state index in [1.54, 1.807) is 12.1 Å². The SMILES string of the molecule is CN(C(=O)CCCc1nc(-c2ccc(F)cc2)no1)c1c(N)n(Cc2ccccc2)c(=O)[nH]c1=O. The monoisotopic (exact) mass is 478 g/mol. The van der Waals surface area contributed by atoms with Crippen molar-refractivity contribution in [3.05, 3.63) is 92.7 Å². The maximum Gasteiger partial charge on any atom is 0.330 e. The van der Waals surface area contributed by atoms with E-state index in [9.17, 15) is 18.8 Å². The Labute approximate surface area is 198 Å². The van der Waals surface area contributed by atoms with Crippen LogP contribution in [0.2, 0.25) is 0 Å². The van der Waals surface area contributed by atoms with E-state index in [4.69, 9.17) is 10.3 Å². The molecule has 10 nitrogen and oxygen atoms in total. The zero-order chi connectivity index (χ0) is 24.9. The molecule has 2 heterocycles. The lowest BCUT2D eigenvalue weighted by Crippen LogP contribution is -2.39. The number of H-pyrrole nitrogens is 1. The zero-order valence-corrected chi connectivity index (χ0v) is 18.9. The molecule has 0 fully saturated rings. The average Bonchev–Trinajstić information content (AvgIpc) is 3.31. The number of nitrogens with one attached hydrogen (secondary N) is 1. The first-order valence-corrected chi connectivity index (χ1v) is 10.8. The molecule has 0 saturated carbocycles. The molecule has 2 aromatic carbocycles. The summed E-state index contributed by atoms with van der Waals surface area (Å²) < 4.78 is 19.5. The van der Waals surface area contributed by atoms with Gasteiger partial charge in [0, 0.05) is 25.5 Å². The van der Waals surface area contributed by atoms with Crippen LogP contribution in [0.1, 0.15) is 24.3 Å². The second-order valence-electron chi connectivity index (χ2n) is 7.89. The Morgan fingerprint density at radius 2 is 1.86 bits per heavy atom. The minimum absolute atomic E-state index is 0.0709. The van der Waals surface area contributed by atoms with Crippen LogP contribution in [-0.4, -0.2) is 32.6 Å². The smallest absolute Gasteiger partial charge is 0.330 e. The third-order valence-corrected chi connectivity index (χ3v) is 5.46. The minimum Gasteiger partial charge on any atom is -0.383 e. The number of amides is 1. The predicted octanol–water partition coefficient (Wildman–Crippen LogP) is 2.34. The van der Waals surface area contributed by atoms with Crippen LogP contribution >= 0.6 is 0 Å². The molecule has 35 heavy (non-hydrogen) atoms. The maximum absolute atomic E-state index is 13.1. The van der Waals surface area contributed by atoms with Crippen LogP contribution < -0.4 is 21.9 Å². The van der Waals surface area contributed by atoms with Gasteiger partial charge in [0.25, 0.3) is 5.56 Å². The van der Waals surface area contributed by atoms with E-state index < -0.39 is 11.2 Å². The third-order valence-electron chi connectivity index (χ3n) is 5.46. The Bertz CT molecular complexity index is 1440. The van der Waals surface area contributed by atoms with Crippen LogP contribution in [0.5, 0.6) is 0 Å². The van der Waals surface area contributed by atoms with Crippen molar-refractivity contribution in [2.75, 3.05) is 17.7 Å². The molecule has 0 radical (unpaired) electrons. The average molecular weight is 478 g/mol. The summed E-state index contributed by atoms with van der Waals surface area (Å²) in [6.45, 7) is 0.144. The number of carbonyl (C=O) groups excluding carboxylic acids is 1. The third kappa shape index (κ3) is 5.35. The first kappa shape index (κ1) is 23.6. The molecule has 0 aliphatic carbocycles. The second-order valence-corrected chi connectivity index (χ2v) is 7.89. The lowest BCUT2D eigenvalue weighted by Gasteiger charge is -2.20. The highest BCUT2D eigenvalue weighted by molar-refractivity contribution is 5.94. The highest BCUT2D eigenvalue weighted by atomic mass is 19.1. The number of carbonyl (C=O) groups is 1. The summed E-state index contributed by atoms with van der Waals surface area (Å²) in [6.07, 6.45) is 0.768. The fourth-order valence-corrected chi connectivity index (χ4v) is 3.58. The van der Waals surface area contributed by atoms with Crippen LogP contribution in [0, 0.1) is 5.82 Å². The normalized spacial score (nSPS) is 10.9. The quantitative estimate of drug-likeness (QED) is 0.396. The van der Waals surface area contributed by atoms with E-state index >= 15 is 0 Å². The van der Waals surface area contributed by atoms with Crippen molar-refractivity contribution in [3.63, 3.8) is 0 Å². The summed E-state index contributed by atoms with van der Waals surface area (Å²) in [6, 6.07) is 14.8. The Morgan fingerprint density at radius 3 is 2.57 bits per heavy atom. The van der Waals surface area contributed by atoms with Crippen LogP contribution in [0.4, 0.5) is 15.9 Å². The van der Waals surface area contributed by atoms with Crippen molar-refractivity contribution in [1.82, 2.24) is 19.7 Å². The molecule has 180 valence electrons. The number of rotatable bonds is 8. The molecule has 0 aliphatic rings. The number of benzene rings is 2. The molecule has 2 aromatic heterocycles. The number of aryl methyl sites for hydroxylation is 1. The molecule has 1 amide bonds. The van der Waals surface area contributed by atoms with Crippen LogP contribution in [0.25, 0.3) is 11.4 Å².